The Morgan fingerprint density at radius 2 is 1.90 bits per heavy atom. The highest BCUT2D eigenvalue weighted by Gasteiger charge is 2.40. The zero-order chi connectivity index (χ0) is 15.0. The van der Waals surface area contributed by atoms with Crippen LogP contribution in [-0.2, 0) is 10.8 Å². The second-order valence-electron chi connectivity index (χ2n) is 5.92. The molecule has 2 aliphatic heterocycles. The van der Waals surface area contributed by atoms with Gasteiger partial charge < -0.3 is 4.74 Å². The van der Waals surface area contributed by atoms with Crippen LogP contribution < -0.4 is 4.74 Å². The van der Waals surface area contributed by atoms with Gasteiger partial charge in [0.25, 0.3) is 0 Å². The van der Waals surface area contributed by atoms with Crippen LogP contribution in [0.5, 0.6) is 5.75 Å². The Bertz CT molecular complexity index is 571. The van der Waals surface area contributed by atoms with E-state index in [0.29, 0.717) is 24.2 Å². The van der Waals surface area contributed by atoms with E-state index in [1.54, 1.807) is 6.07 Å². The minimum absolute atomic E-state index is 0.0404. The molecule has 2 unspecified atom stereocenters. The number of hydrogen-bond donors (Lipinski definition) is 0. The van der Waals surface area contributed by atoms with E-state index < -0.39 is 16.6 Å². The van der Waals surface area contributed by atoms with Crippen molar-refractivity contribution in [3.8, 4) is 5.75 Å². The minimum Gasteiger partial charge on any atom is -0.497 e. The van der Waals surface area contributed by atoms with Gasteiger partial charge in [-0.05, 0) is 37.8 Å². The van der Waals surface area contributed by atoms with Crippen LogP contribution in [-0.4, -0.2) is 27.6 Å². The molecule has 2 bridgehead atoms. The number of Topliss-reactive ketones (excluding diaryl/α,β-unsaturated/α-hetero) is 1. The number of hydrogen-bond acceptors (Lipinski definition) is 3. The van der Waals surface area contributed by atoms with Gasteiger partial charge in [0.15, 0.2) is 5.78 Å². The second kappa shape index (κ2) is 5.87. The molecular weight excluding hydrogens is 291 g/mol. The van der Waals surface area contributed by atoms with Gasteiger partial charge in [0.2, 0.25) is 0 Å². The summed E-state index contributed by atoms with van der Waals surface area (Å²) in [5.41, 5.74) is 0.364. The topological polar surface area (TPSA) is 43.4 Å². The summed E-state index contributed by atoms with van der Waals surface area (Å²) >= 11 is 0. The normalized spacial score (nSPS) is 31.7. The first kappa shape index (κ1) is 14.7. The second-order valence-corrected chi connectivity index (χ2v) is 7.91. The number of fused-ring (bicyclic) bond motifs is 2. The molecule has 2 atom stereocenters. The van der Waals surface area contributed by atoms with Crippen LogP contribution in [0.25, 0.3) is 0 Å². The van der Waals surface area contributed by atoms with Gasteiger partial charge in [-0.1, -0.05) is 6.42 Å². The standard InChI is InChI=1S/C16H19FO3S/c1-20-13-6-10(5-12(17)9-13)16(18)11-7-14-3-2-4-15(8-11)21(14)19/h5-6,9,11,14-15H,2-4,7-8H2,1H3. The number of carbonyl (C=O) groups excluding carboxylic acids is 1. The Hall–Kier alpha value is -1.23. The van der Waals surface area contributed by atoms with E-state index in [1.165, 1.54) is 19.2 Å². The molecule has 0 aliphatic carbocycles. The first-order valence-corrected chi connectivity index (χ1v) is 8.64. The van der Waals surface area contributed by atoms with Crippen LogP contribution in [0.1, 0.15) is 42.5 Å². The van der Waals surface area contributed by atoms with Crippen molar-refractivity contribution in [3.63, 3.8) is 0 Å². The van der Waals surface area contributed by atoms with Crippen LogP contribution in [0.3, 0.4) is 0 Å². The summed E-state index contributed by atoms with van der Waals surface area (Å²) in [4.78, 5) is 12.6. The average Bonchev–Trinajstić information content (AvgIpc) is 2.45. The first-order chi connectivity index (χ1) is 10.1. The SMILES string of the molecule is COc1cc(F)cc(C(=O)C2CC3CCCC(C2)S3=O)c1. The van der Waals surface area contributed by atoms with Crippen molar-refractivity contribution in [3.05, 3.63) is 29.6 Å². The molecule has 0 radical (unpaired) electrons. The van der Waals surface area contributed by atoms with Gasteiger partial charge in [-0.2, -0.15) is 0 Å². The molecule has 0 aromatic heterocycles. The third-order valence-electron chi connectivity index (χ3n) is 4.57. The van der Waals surface area contributed by atoms with Gasteiger partial charge >= 0.3 is 0 Å². The summed E-state index contributed by atoms with van der Waals surface area (Å²) in [7, 11) is 0.665. The summed E-state index contributed by atoms with van der Waals surface area (Å²) in [6.45, 7) is 0. The molecule has 0 saturated carbocycles. The maximum absolute atomic E-state index is 13.6. The Kier molecular flexibility index (Phi) is 4.11. The maximum atomic E-state index is 13.6. The fourth-order valence-electron chi connectivity index (χ4n) is 3.51. The third-order valence-corrected chi connectivity index (χ3v) is 6.74. The predicted octanol–water partition coefficient (Wildman–Crippen LogP) is 3.10. The average molecular weight is 310 g/mol. The molecule has 2 saturated heterocycles. The van der Waals surface area contributed by atoms with Crippen LogP contribution >= 0.6 is 0 Å². The highest BCUT2D eigenvalue weighted by atomic mass is 32.2. The Labute approximate surface area is 126 Å². The van der Waals surface area contributed by atoms with Crippen LogP contribution in [0.4, 0.5) is 4.39 Å². The summed E-state index contributed by atoms with van der Waals surface area (Å²) in [6.07, 6.45) is 4.33. The zero-order valence-corrected chi connectivity index (χ0v) is 12.8. The third kappa shape index (κ3) is 2.89. The van der Waals surface area contributed by atoms with Crippen molar-refractivity contribution in [2.45, 2.75) is 42.6 Å². The van der Waals surface area contributed by atoms with Crippen LogP contribution in [0.2, 0.25) is 0 Å². The molecule has 21 heavy (non-hydrogen) atoms. The molecule has 2 aliphatic rings. The summed E-state index contributed by atoms with van der Waals surface area (Å²) in [5, 5.41) is 0.281. The lowest BCUT2D eigenvalue weighted by Gasteiger charge is -2.37. The molecule has 2 heterocycles. The van der Waals surface area contributed by atoms with E-state index in [1.807, 2.05) is 0 Å². The number of ketones is 1. The van der Waals surface area contributed by atoms with E-state index >= 15 is 0 Å². The Morgan fingerprint density at radius 3 is 2.52 bits per heavy atom. The molecule has 3 rings (SSSR count). The van der Waals surface area contributed by atoms with E-state index in [2.05, 4.69) is 0 Å². The van der Waals surface area contributed by atoms with Crippen molar-refractivity contribution in [1.82, 2.24) is 0 Å². The van der Waals surface area contributed by atoms with Crippen molar-refractivity contribution in [2.24, 2.45) is 5.92 Å². The highest BCUT2D eigenvalue weighted by Crippen LogP contribution is 2.38. The van der Waals surface area contributed by atoms with Gasteiger partial charge in [0.05, 0.1) is 7.11 Å². The molecule has 5 heteroatoms. The van der Waals surface area contributed by atoms with Gasteiger partial charge in [0, 0.05) is 38.8 Å². The van der Waals surface area contributed by atoms with Gasteiger partial charge in [-0.15, -0.1) is 0 Å². The number of methoxy groups -OCH3 is 1. The molecule has 1 aromatic rings. The largest absolute Gasteiger partial charge is 0.497 e. The van der Waals surface area contributed by atoms with E-state index in [0.717, 1.165) is 19.3 Å². The van der Waals surface area contributed by atoms with Crippen LogP contribution in [0.15, 0.2) is 18.2 Å². The zero-order valence-electron chi connectivity index (χ0n) is 12.0. The number of rotatable bonds is 3. The van der Waals surface area contributed by atoms with E-state index in [-0.39, 0.29) is 22.2 Å². The quantitative estimate of drug-likeness (QED) is 0.806. The highest BCUT2D eigenvalue weighted by molar-refractivity contribution is 7.86. The fourth-order valence-corrected chi connectivity index (χ4v) is 5.69. The first-order valence-electron chi connectivity index (χ1n) is 7.36. The molecule has 2 fully saturated rings. The number of carbonyl (C=O) groups is 1. The molecule has 114 valence electrons. The Morgan fingerprint density at radius 1 is 1.24 bits per heavy atom. The molecule has 0 spiro atoms. The summed E-state index contributed by atoms with van der Waals surface area (Å²) in [5.74, 6) is -0.277. The van der Waals surface area contributed by atoms with Crippen molar-refractivity contribution >= 4 is 16.6 Å². The summed E-state index contributed by atoms with van der Waals surface area (Å²) < 4.78 is 30.8. The lowest BCUT2D eigenvalue weighted by molar-refractivity contribution is 0.0894. The Balaban J connectivity index is 1.82. The van der Waals surface area contributed by atoms with Crippen molar-refractivity contribution < 1.29 is 18.1 Å². The van der Waals surface area contributed by atoms with E-state index in [9.17, 15) is 13.4 Å². The van der Waals surface area contributed by atoms with Gasteiger partial charge in [-0.3, -0.25) is 9.00 Å². The van der Waals surface area contributed by atoms with Crippen molar-refractivity contribution in [2.75, 3.05) is 7.11 Å². The number of ether oxygens (including phenoxy) is 1. The molecular formula is C16H19FO3S. The molecule has 0 N–H and O–H groups in total. The van der Waals surface area contributed by atoms with Crippen LogP contribution in [0, 0.1) is 11.7 Å². The van der Waals surface area contributed by atoms with Gasteiger partial charge in [-0.25, -0.2) is 4.39 Å². The maximum Gasteiger partial charge on any atom is 0.166 e. The number of benzene rings is 1. The molecule has 3 nitrogen and oxygen atoms in total. The predicted molar refractivity (Wildman–Crippen MR) is 79.6 cm³/mol. The lowest BCUT2D eigenvalue weighted by atomic mass is 9.84. The monoisotopic (exact) mass is 310 g/mol. The smallest absolute Gasteiger partial charge is 0.166 e. The molecule has 0 amide bonds. The van der Waals surface area contributed by atoms with E-state index in [4.69, 9.17) is 4.74 Å². The molecule has 1 aromatic carbocycles. The minimum atomic E-state index is -0.791. The van der Waals surface area contributed by atoms with Crippen molar-refractivity contribution in [1.29, 1.82) is 0 Å². The fraction of sp³-hybridized carbons (Fsp3) is 0.562. The van der Waals surface area contributed by atoms with Gasteiger partial charge in [0.1, 0.15) is 11.6 Å². The number of halogens is 1. The lowest BCUT2D eigenvalue weighted by Crippen LogP contribution is -2.41. The summed E-state index contributed by atoms with van der Waals surface area (Å²) in [6, 6.07) is 4.13.